The van der Waals surface area contributed by atoms with E-state index < -0.39 is 0 Å². The number of halogens is 1. The summed E-state index contributed by atoms with van der Waals surface area (Å²) in [4.78, 5) is 3.81. The predicted octanol–water partition coefficient (Wildman–Crippen LogP) is -0.0516. The van der Waals surface area contributed by atoms with Crippen molar-refractivity contribution in [1.29, 1.82) is 0 Å². The Kier molecular flexibility index (Phi) is 9.20. The highest BCUT2D eigenvalue weighted by Crippen LogP contribution is 1.31. The van der Waals surface area contributed by atoms with E-state index in [9.17, 15) is 0 Å². The Labute approximate surface area is 37.7 Å². The van der Waals surface area contributed by atoms with Crippen LogP contribution in [0.2, 0.25) is 0 Å². The molecule has 0 unspecified atom stereocenters. The molecule has 0 aromatic rings. The molecule has 0 atom stereocenters. The monoisotopic (exact) mass is 100 g/mol. The third-order valence-corrected chi connectivity index (χ3v) is 0.0645. The lowest BCUT2D eigenvalue weighted by Crippen LogP contribution is -2.01. The lowest BCUT2D eigenvalue weighted by Gasteiger charge is -1.79. The first-order valence-corrected chi connectivity index (χ1v) is 0.716. The van der Waals surface area contributed by atoms with Gasteiger partial charge in [0.25, 0.3) is 0 Å². The van der Waals surface area contributed by atoms with Crippen LogP contribution in [-0.2, 0) is 4.84 Å². The Morgan fingerprint density at radius 1 is 2.20 bits per heavy atom. The molecule has 0 aromatic carbocycles. The molecule has 0 saturated heterocycles. The lowest BCUT2D eigenvalue weighted by molar-refractivity contribution is -0.101. The third-order valence-electron chi connectivity index (χ3n) is 0.0645. The van der Waals surface area contributed by atoms with Gasteiger partial charge in [-0.3, -0.25) is 10.0 Å². The highest BCUT2D eigenvalue weighted by atomic mass is 35.5. The Morgan fingerprint density at radius 3 is 2.80 bits per heavy atom. The smallest absolute Gasteiger partial charge is 0.0599 e. The Balaban J connectivity index is 0. The molecule has 0 amide bonds. The summed E-state index contributed by atoms with van der Waals surface area (Å²) in [7, 11) is -0.267. The second-order valence-corrected chi connectivity index (χ2v) is 0.236. The van der Waals surface area contributed by atoms with E-state index in [1.165, 1.54) is 5.64 Å². The first kappa shape index (κ1) is 5.17. The van der Waals surface area contributed by atoms with Crippen molar-refractivity contribution in [3.05, 3.63) is 0 Å². The van der Waals surface area contributed by atoms with Crippen LogP contribution in [0, 0.1) is 0 Å². The second kappa shape index (κ2) is 8.90. The lowest BCUT2D eigenvalue weighted by atomic mass is 11.7. The summed E-state index contributed by atoms with van der Waals surface area (Å²) in [6, 6.07) is 0. The van der Waals surface area contributed by atoms with Crippen LogP contribution in [0.25, 0.3) is 0 Å². The molecule has 0 rings (SSSR count). The molecule has 0 aliphatic rings. The predicted molar refractivity (Wildman–Crippen MR) is 19.2 cm³/mol. The van der Waals surface area contributed by atoms with Crippen molar-refractivity contribution in [3.63, 3.8) is 0 Å². The zero-order chi connectivity index (χ0) is 4.12. The summed E-state index contributed by atoms with van der Waals surface area (Å²) in [6.07, 6.45) is 0. The van der Waals surface area contributed by atoms with Gasteiger partial charge in [0.1, 0.15) is 0 Å². The first-order chi connectivity index (χ1) is 2.41. The Hall–Kier alpha value is 0.170. The van der Waals surface area contributed by atoms with Crippen molar-refractivity contribution in [1.82, 2.24) is 5.64 Å². The standard InChI is InChI=1S/CH5NO2.ClH/c1-4-2-3;/h2-3H,1H3;1H/i1D;. The van der Waals surface area contributed by atoms with Crippen molar-refractivity contribution in [3.8, 4) is 0 Å². The van der Waals surface area contributed by atoms with Crippen LogP contribution < -0.4 is 5.64 Å². The zero-order valence-corrected chi connectivity index (χ0v) is 3.29. The molecule has 0 aliphatic heterocycles. The minimum Gasteiger partial charge on any atom is -0.292 e. The van der Waals surface area contributed by atoms with E-state index in [2.05, 4.69) is 4.84 Å². The van der Waals surface area contributed by atoms with Crippen molar-refractivity contribution >= 4 is 12.4 Å². The van der Waals surface area contributed by atoms with Crippen molar-refractivity contribution < 1.29 is 11.4 Å². The van der Waals surface area contributed by atoms with E-state index in [0.29, 0.717) is 0 Å². The molecule has 0 bridgehead atoms. The normalized spacial score (nSPS) is 8.60. The van der Waals surface area contributed by atoms with E-state index in [1.807, 2.05) is 0 Å². The summed E-state index contributed by atoms with van der Waals surface area (Å²) in [6.45, 7) is 0. The molecule has 2 N–H and O–H groups in total. The van der Waals surface area contributed by atoms with E-state index in [0.717, 1.165) is 0 Å². The van der Waals surface area contributed by atoms with Crippen molar-refractivity contribution in [2.75, 3.05) is 7.09 Å². The second-order valence-electron chi connectivity index (χ2n) is 0.236. The molecule has 0 fully saturated rings. The van der Waals surface area contributed by atoms with Gasteiger partial charge in [0.2, 0.25) is 0 Å². The number of rotatable bonds is 1. The van der Waals surface area contributed by atoms with Gasteiger partial charge in [0.15, 0.2) is 0 Å². The maximum absolute atomic E-state index is 7.47. The minimum atomic E-state index is -0.267. The van der Waals surface area contributed by atoms with Crippen LogP contribution in [0.5, 0.6) is 0 Å². The molecule has 0 radical (unpaired) electrons. The third kappa shape index (κ3) is 14.3. The fourth-order valence-corrected chi connectivity index (χ4v) is 0. The van der Waals surface area contributed by atoms with Crippen molar-refractivity contribution in [2.24, 2.45) is 0 Å². The summed E-state index contributed by atoms with van der Waals surface area (Å²) in [5, 5.41) is 7.47. The largest absolute Gasteiger partial charge is 0.292 e. The number of hydrogen-bond acceptors (Lipinski definition) is 3. The molecule has 0 saturated carbocycles. The van der Waals surface area contributed by atoms with Gasteiger partial charge in [-0.2, -0.15) is 0 Å². The molecule has 5 heavy (non-hydrogen) atoms. The molecule has 34 valence electrons. The van der Waals surface area contributed by atoms with E-state index in [1.54, 1.807) is 0 Å². The quantitative estimate of drug-likeness (QED) is 0.454. The van der Waals surface area contributed by atoms with Gasteiger partial charge in [0, 0.05) is 0 Å². The summed E-state index contributed by atoms with van der Waals surface area (Å²) in [5.74, 6) is 0. The highest BCUT2D eigenvalue weighted by molar-refractivity contribution is 5.85. The van der Waals surface area contributed by atoms with E-state index >= 15 is 0 Å². The van der Waals surface area contributed by atoms with Gasteiger partial charge in [-0.05, 0) is 0 Å². The average Bonchev–Trinajstić information content (AvgIpc) is 1.41. The van der Waals surface area contributed by atoms with Crippen LogP contribution in [0.1, 0.15) is 1.37 Å². The van der Waals surface area contributed by atoms with Crippen molar-refractivity contribution in [2.45, 2.75) is 0 Å². The zero-order valence-electron chi connectivity index (χ0n) is 3.47. The SMILES string of the molecule is Cl.[2H]CONO. The van der Waals surface area contributed by atoms with Gasteiger partial charge in [-0.15, -0.1) is 12.4 Å². The first-order valence-electron chi connectivity index (χ1n) is 1.42. The molecular weight excluding hydrogens is 93.5 g/mol. The van der Waals surface area contributed by atoms with Crippen LogP contribution in [-0.4, -0.2) is 12.3 Å². The Bertz CT molecular complexity index is 21.0. The maximum atomic E-state index is 7.47. The molecule has 0 spiro atoms. The van der Waals surface area contributed by atoms with E-state index in [4.69, 9.17) is 6.58 Å². The van der Waals surface area contributed by atoms with Gasteiger partial charge in [-0.1, -0.05) is 5.64 Å². The highest BCUT2D eigenvalue weighted by Gasteiger charge is 1.46. The fraction of sp³-hybridized carbons (Fsp3) is 1.00. The van der Waals surface area contributed by atoms with Gasteiger partial charge in [0.05, 0.1) is 8.46 Å². The number of nitrogens with one attached hydrogen (secondary N) is 1. The summed E-state index contributed by atoms with van der Waals surface area (Å²) in [5.41, 5.74) is 1.33. The van der Waals surface area contributed by atoms with E-state index in [-0.39, 0.29) is 19.5 Å². The molecule has 0 heterocycles. The van der Waals surface area contributed by atoms with Crippen LogP contribution in [0.4, 0.5) is 0 Å². The molecule has 0 aromatic heterocycles. The minimum absolute atomic E-state index is 0. The maximum Gasteiger partial charge on any atom is 0.0599 e. The Morgan fingerprint density at radius 2 is 2.80 bits per heavy atom. The number of hydrogen-bond donors (Lipinski definition) is 2. The summed E-state index contributed by atoms with van der Waals surface area (Å²) < 4.78 is 6.16. The molecule has 4 heteroatoms. The van der Waals surface area contributed by atoms with Crippen LogP contribution in [0.3, 0.4) is 0 Å². The topological polar surface area (TPSA) is 41.5 Å². The van der Waals surface area contributed by atoms with Gasteiger partial charge < -0.3 is 0 Å². The molecular formula is CH6ClNO2. The molecule has 0 aliphatic carbocycles. The van der Waals surface area contributed by atoms with Crippen LogP contribution >= 0.6 is 12.4 Å². The molecule has 3 nitrogen and oxygen atoms in total. The summed E-state index contributed by atoms with van der Waals surface area (Å²) >= 11 is 0. The van der Waals surface area contributed by atoms with Crippen LogP contribution in [0.15, 0.2) is 0 Å². The van der Waals surface area contributed by atoms with Gasteiger partial charge in [-0.25, -0.2) is 0 Å². The van der Waals surface area contributed by atoms with Gasteiger partial charge >= 0.3 is 0 Å². The fourth-order valence-electron chi connectivity index (χ4n) is 0. The average molecular weight is 101 g/mol.